The van der Waals surface area contributed by atoms with Gasteiger partial charge in [0.1, 0.15) is 17.5 Å². The molecule has 0 aliphatic carbocycles. The summed E-state index contributed by atoms with van der Waals surface area (Å²) in [4.78, 5) is 12.6. The van der Waals surface area contributed by atoms with E-state index in [9.17, 15) is 61.5 Å². The second-order valence-corrected chi connectivity index (χ2v) is 12.3. The number of hydrogen-bond donors (Lipinski definition) is 0. The number of carbonyl (C=O) groups is 1. The fourth-order valence-corrected chi connectivity index (χ4v) is 6.02. The standard InChI is InChI=1S/C25H18Cl2F12O3S/c1-11(9-43(41,42)10-23(31,32)33)4-20(40)14-3-2-12(6-17(14)25(37,38)39)19(28)8-16(24(34,35)36)13-5-15(22(29)30)21(27)18(26)7-13/h2-3,5-8,11,16,22H,4,9-10H2,1H3/b19-8-/t11-,16?/m0/s1. The lowest BCUT2D eigenvalue weighted by molar-refractivity contribution is -0.140. The second-order valence-electron chi connectivity index (χ2n) is 9.40. The highest BCUT2D eigenvalue weighted by atomic mass is 35.5. The van der Waals surface area contributed by atoms with E-state index in [1.54, 1.807) is 0 Å². The largest absolute Gasteiger partial charge is 0.417 e. The zero-order chi connectivity index (χ0) is 33.3. The van der Waals surface area contributed by atoms with Crippen molar-refractivity contribution in [3.05, 3.63) is 74.3 Å². The number of ketones is 1. The Kier molecular flexibility index (Phi) is 11.3. The molecule has 2 rings (SSSR count). The molecule has 0 fully saturated rings. The van der Waals surface area contributed by atoms with Crippen LogP contribution in [-0.4, -0.2) is 38.1 Å². The van der Waals surface area contributed by atoms with Crippen molar-refractivity contribution in [3.8, 4) is 0 Å². The van der Waals surface area contributed by atoms with Crippen LogP contribution in [0.4, 0.5) is 52.7 Å². The molecule has 3 nitrogen and oxygen atoms in total. The molecule has 0 saturated carbocycles. The van der Waals surface area contributed by atoms with Crippen molar-refractivity contribution in [2.75, 3.05) is 11.5 Å². The van der Waals surface area contributed by atoms with Gasteiger partial charge in [0, 0.05) is 23.1 Å². The summed E-state index contributed by atoms with van der Waals surface area (Å²) in [5, 5.41) is -1.51. The second kappa shape index (κ2) is 13.3. The van der Waals surface area contributed by atoms with Crippen LogP contribution in [0.25, 0.3) is 5.83 Å². The number of halogens is 14. The van der Waals surface area contributed by atoms with Crippen molar-refractivity contribution in [1.29, 1.82) is 0 Å². The summed E-state index contributed by atoms with van der Waals surface area (Å²) in [7, 11) is -4.79. The normalized spacial score (nSPS) is 15.1. The van der Waals surface area contributed by atoms with Crippen LogP contribution in [0.1, 0.15) is 58.3 Å². The minimum atomic E-state index is -5.40. The maximum atomic E-state index is 15.0. The number of carbonyl (C=O) groups excluding carboxylic acids is 1. The van der Waals surface area contributed by atoms with Crippen LogP contribution in [-0.2, 0) is 16.0 Å². The van der Waals surface area contributed by atoms with Gasteiger partial charge in [0.25, 0.3) is 6.43 Å². The SMILES string of the molecule is C[C@@H](CC(=O)c1ccc(/C(F)=C/C(c2cc(Cl)c(Cl)c(C(F)F)c2)C(F)(F)F)cc1C(F)(F)F)CS(=O)(=O)CC(F)(F)F. The molecule has 2 aromatic rings. The van der Waals surface area contributed by atoms with Crippen LogP contribution in [0.5, 0.6) is 0 Å². The first kappa shape index (κ1) is 36.7. The lowest BCUT2D eigenvalue weighted by Gasteiger charge is -2.20. The molecule has 240 valence electrons. The van der Waals surface area contributed by atoms with E-state index in [1.807, 2.05) is 0 Å². The third-order valence-corrected chi connectivity index (χ3v) is 8.36. The highest BCUT2D eigenvalue weighted by Crippen LogP contribution is 2.43. The van der Waals surface area contributed by atoms with E-state index < -0.39 is 114 Å². The molecule has 0 aliphatic rings. The third kappa shape index (κ3) is 10.3. The topological polar surface area (TPSA) is 51.2 Å². The van der Waals surface area contributed by atoms with Gasteiger partial charge in [0.05, 0.1) is 21.4 Å². The Morgan fingerprint density at radius 3 is 2.02 bits per heavy atom. The first-order valence-corrected chi connectivity index (χ1v) is 14.1. The van der Waals surface area contributed by atoms with Gasteiger partial charge in [-0.05, 0) is 35.8 Å². The quantitative estimate of drug-likeness (QED) is 0.184. The maximum Gasteiger partial charge on any atom is 0.417 e. The van der Waals surface area contributed by atoms with Crippen molar-refractivity contribution in [3.63, 3.8) is 0 Å². The predicted octanol–water partition coefficient (Wildman–Crippen LogP) is 9.79. The van der Waals surface area contributed by atoms with Gasteiger partial charge in [-0.25, -0.2) is 21.6 Å². The number of hydrogen-bond acceptors (Lipinski definition) is 3. The monoisotopic (exact) mass is 696 g/mol. The zero-order valence-corrected chi connectivity index (χ0v) is 23.6. The maximum absolute atomic E-state index is 15.0. The lowest BCUT2D eigenvalue weighted by atomic mass is 9.92. The Morgan fingerprint density at radius 1 is 0.953 bits per heavy atom. The summed E-state index contributed by atoms with van der Waals surface area (Å²) < 4.78 is 185. The van der Waals surface area contributed by atoms with E-state index in [0.717, 1.165) is 6.92 Å². The van der Waals surface area contributed by atoms with Gasteiger partial charge in [-0.2, -0.15) is 39.5 Å². The minimum Gasteiger partial charge on any atom is -0.294 e. The van der Waals surface area contributed by atoms with Crippen LogP contribution in [0.3, 0.4) is 0 Å². The summed E-state index contributed by atoms with van der Waals surface area (Å²) >= 11 is 11.2. The summed E-state index contributed by atoms with van der Waals surface area (Å²) in [6, 6.07) is 1.74. The molecule has 0 radical (unpaired) electrons. The Balaban J connectivity index is 2.51. The van der Waals surface area contributed by atoms with Gasteiger partial charge in [-0.3, -0.25) is 4.79 Å². The molecule has 1 unspecified atom stereocenters. The molecule has 0 amide bonds. The number of benzene rings is 2. The van der Waals surface area contributed by atoms with Crippen molar-refractivity contribution in [2.45, 2.75) is 44.2 Å². The molecular formula is C25H18Cl2F12O3S. The van der Waals surface area contributed by atoms with E-state index in [2.05, 4.69) is 0 Å². The van der Waals surface area contributed by atoms with Gasteiger partial charge in [0.2, 0.25) is 0 Å². The summed E-state index contributed by atoms with van der Waals surface area (Å²) in [6.07, 6.45) is -20.4. The highest BCUT2D eigenvalue weighted by Gasteiger charge is 2.42. The first-order chi connectivity index (χ1) is 19.3. The summed E-state index contributed by atoms with van der Waals surface area (Å²) in [6.45, 7) is 0.996. The average molecular weight is 697 g/mol. The van der Waals surface area contributed by atoms with Crippen LogP contribution in [0.15, 0.2) is 36.4 Å². The Hall–Kier alpha value is -2.46. The van der Waals surface area contributed by atoms with Gasteiger partial charge in [-0.1, -0.05) is 42.3 Å². The Labute approximate surface area is 246 Å². The van der Waals surface area contributed by atoms with E-state index in [-0.39, 0.29) is 12.1 Å². The van der Waals surface area contributed by atoms with Crippen LogP contribution < -0.4 is 0 Å². The molecule has 0 heterocycles. The predicted molar refractivity (Wildman–Crippen MR) is 134 cm³/mol. The van der Waals surface area contributed by atoms with Gasteiger partial charge >= 0.3 is 18.5 Å². The fraction of sp³-hybridized carbons (Fsp3) is 0.400. The van der Waals surface area contributed by atoms with Crippen molar-refractivity contribution in [2.24, 2.45) is 5.92 Å². The third-order valence-electron chi connectivity index (χ3n) is 5.70. The van der Waals surface area contributed by atoms with E-state index in [1.165, 1.54) is 0 Å². The van der Waals surface area contributed by atoms with E-state index >= 15 is 4.39 Å². The molecule has 2 atom stereocenters. The fourth-order valence-electron chi connectivity index (χ4n) is 3.99. The van der Waals surface area contributed by atoms with Gasteiger partial charge in [-0.15, -0.1) is 0 Å². The summed E-state index contributed by atoms with van der Waals surface area (Å²) in [5.74, 6) is -11.1. The van der Waals surface area contributed by atoms with E-state index in [4.69, 9.17) is 23.2 Å². The number of sulfone groups is 1. The number of alkyl halides is 11. The van der Waals surface area contributed by atoms with Crippen molar-refractivity contribution in [1.82, 2.24) is 0 Å². The van der Waals surface area contributed by atoms with Gasteiger partial charge in [0.15, 0.2) is 15.6 Å². The average Bonchev–Trinajstić information content (AvgIpc) is 2.80. The zero-order valence-electron chi connectivity index (χ0n) is 21.2. The molecular weight excluding hydrogens is 679 g/mol. The smallest absolute Gasteiger partial charge is 0.294 e. The molecule has 18 heteroatoms. The minimum absolute atomic E-state index is 0.00299. The highest BCUT2D eigenvalue weighted by molar-refractivity contribution is 7.91. The number of allylic oxidation sites excluding steroid dienone is 1. The van der Waals surface area contributed by atoms with Crippen molar-refractivity contribution >= 4 is 44.6 Å². The molecule has 43 heavy (non-hydrogen) atoms. The molecule has 2 aromatic carbocycles. The molecule has 0 spiro atoms. The Bertz CT molecular complexity index is 1480. The number of Topliss-reactive ketones (excluding diaryl/α,β-unsaturated/α-hetero) is 1. The molecule has 0 aromatic heterocycles. The summed E-state index contributed by atoms with van der Waals surface area (Å²) in [5.41, 5.74) is -6.21. The first-order valence-electron chi connectivity index (χ1n) is 11.6. The van der Waals surface area contributed by atoms with E-state index in [0.29, 0.717) is 24.3 Å². The van der Waals surface area contributed by atoms with Crippen LogP contribution in [0.2, 0.25) is 10.0 Å². The molecule has 0 saturated heterocycles. The lowest BCUT2D eigenvalue weighted by Crippen LogP contribution is -2.28. The van der Waals surface area contributed by atoms with Crippen LogP contribution in [0, 0.1) is 5.92 Å². The van der Waals surface area contributed by atoms with Gasteiger partial charge < -0.3 is 0 Å². The van der Waals surface area contributed by atoms with Crippen LogP contribution >= 0.6 is 23.2 Å². The molecule has 0 bridgehead atoms. The Morgan fingerprint density at radius 2 is 1.53 bits per heavy atom. The van der Waals surface area contributed by atoms with Crippen molar-refractivity contribution < 1.29 is 65.9 Å². The molecule has 0 aliphatic heterocycles. The molecule has 0 N–H and O–H groups in total. The number of rotatable bonds is 10.